The van der Waals surface area contributed by atoms with E-state index in [1.165, 1.54) is 5.56 Å². The number of rotatable bonds is 4. The van der Waals surface area contributed by atoms with Crippen LogP contribution in [-0.2, 0) is 13.6 Å². The molecule has 1 unspecified atom stereocenters. The highest BCUT2D eigenvalue weighted by atomic mass is 15.1. The Kier molecular flexibility index (Phi) is 3.54. The molecule has 1 N–H and O–H groups in total. The average Bonchev–Trinajstić information content (AvgIpc) is 2.74. The number of nitrogens with zero attached hydrogens (tertiary/aromatic N) is 3. The van der Waals surface area contributed by atoms with E-state index >= 15 is 0 Å². The van der Waals surface area contributed by atoms with Crippen LogP contribution in [0.3, 0.4) is 0 Å². The largest absolute Gasteiger partial charge is 0.337 e. The predicted octanol–water partition coefficient (Wildman–Crippen LogP) is 1.97. The van der Waals surface area contributed by atoms with Gasteiger partial charge in [0, 0.05) is 32.2 Å². The average molecular weight is 230 g/mol. The molecular formula is C13H18N4. The van der Waals surface area contributed by atoms with Crippen molar-refractivity contribution in [3.8, 4) is 0 Å². The van der Waals surface area contributed by atoms with Crippen molar-refractivity contribution < 1.29 is 0 Å². The minimum atomic E-state index is 0.219. The van der Waals surface area contributed by atoms with Gasteiger partial charge in [-0.15, -0.1) is 0 Å². The third kappa shape index (κ3) is 2.71. The molecule has 0 amide bonds. The summed E-state index contributed by atoms with van der Waals surface area (Å²) < 4.78 is 2.03. The molecule has 4 nitrogen and oxygen atoms in total. The first-order valence-electron chi connectivity index (χ1n) is 5.79. The molecule has 17 heavy (non-hydrogen) atoms. The van der Waals surface area contributed by atoms with Crippen molar-refractivity contribution in [2.45, 2.75) is 26.4 Å². The summed E-state index contributed by atoms with van der Waals surface area (Å²) in [6.45, 7) is 4.96. The van der Waals surface area contributed by atoms with Crippen LogP contribution >= 0.6 is 0 Å². The van der Waals surface area contributed by atoms with Gasteiger partial charge < -0.3 is 9.88 Å². The summed E-state index contributed by atoms with van der Waals surface area (Å²) >= 11 is 0. The molecule has 0 aliphatic carbocycles. The Balaban J connectivity index is 2.00. The van der Waals surface area contributed by atoms with E-state index in [9.17, 15) is 0 Å². The maximum atomic E-state index is 4.36. The highest BCUT2D eigenvalue weighted by Gasteiger charge is 2.10. The summed E-state index contributed by atoms with van der Waals surface area (Å²) in [4.78, 5) is 8.69. The molecule has 90 valence electrons. The zero-order valence-corrected chi connectivity index (χ0v) is 10.5. The van der Waals surface area contributed by atoms with Crippen LogP contribution < -0.4 is 5.32 Å². The molecule has 0 saturated carbocycles. The van der Waals surface area contributed by atoms with Gasteiger partial charge in [-0.3, -0.25) is 4.98 Å². The van der Waals surface area contributed by atoms with Crippen molar-refractivity contribution in [1.29, 1.82) is 0 Å². The molecule has 0 aromatic carbocycles. The lowest BCUT2D eigenvalue weighted by atomic mass is 10.2. The Morgan fingerprint density at radius 1 is 1.35 bits per heavy atom. The van der Waals surface area contributed by atoms with Crippen LogP contribution in [0.25, 0.3) is 0 Å². The van der Waals surface area contributed by atoms with Gasteiger partial charge in [-0.05, 0) is 25.5 Å². The lowest BCUT2D eigenvalue weighted by Crippen LogP contribution is -2.22. The summed E-state index contributed by atoms with van der Waals surface area (Å²) in [7, 11) is 2.01. The van der Waals surface area contributed by atoms with Crippen molar-refractivity contribution in [1.82, 2.24) is 19.9 Å². The van der Waals surface area contributed by atoms with E-state index in [1.807, 2.05) is 36.3 Å². The van der Waals surface area contributed by atoms with Gasteiger partial charge >= 0.3 is 0 Å². The molecule has 0 radical (unpaired) electrons. The van der Waals surface area contributed by atoms with Gasteiger partial charge in [-0.25, -0.2) is 4.98 Å². The molecule has 0 aliphatic rings. The van der Waals surface area contributed by atoms with E-state index < -0.39 is 0 Å². The third-order valence-electron chi connectivity index (χ3n) is 2.94. The van der Waals surface area contributed by atoms with E-state index in [4.69, 9.17) is 0 Å². The van der Waals surface area contributed by atoms with E-state index in [2.05, 4.69) is 35.2 Å². The van der Waals surface area contributed by atoms with Gasteiger partial charge in [0.1, 0.15) is 5.82 Å². The predicted molar refractivity (Wildman–Crippen MR) is 67.4 cm³/mol. The van der Waals surface area contributed by atoms with Gasteiger partial charge in [0.15, 0.2) is 0 Å². The minimum absolute atomic E-state index is 0.219. The normalized spacial score (nSPS) is 12.6. The first kappa shape index (κ1) is 11.8. The topological polar surface area (TPSA) is 42.7 Å². The zero-order chi connectivity index (χ0) is 12.3. The first-order valence-corrected chi connectivity index (χ1v) is 5.79. The van der Waals surface area contributed by atoms with Crippen LogP contribution in [0.1, 0.15) is 30.0 Å². The Hall–Kier alpha value is -1.68. The van der Waals surface area contributed by atoms with E-state index in [-0.39, 0.29) is 6.04 Å². The lowest BCUT2D eigenvalue weighted by Gasteiger charge is -2.14. The van der Waals surface area contributed by atoms with Gasteiger partial charge in [0.25, 0.3) is 0 Å². The van der Waals surface area contributed by atoms with Gasteiger partial charge in [0.05, 0.1) is 11.7 Å². The van der Waals surface area contributed by atoms with Crippen molar-refractivity contribution in [3.63, 3.8) is 0 Å². The molecule has 1 atom stereocenters. The van der Waals surface area contributed by atoms with Crippen molar-refractivity contribution in [2.75, 3.05) is 0 Å². The standard InChI is InChI=1S/C13H18N4/c1-10-5-4-6-14-12(10)9-16-11(2)13-15-7-8-17(13)3/h4-8,11,16H,9H2,1-3H3. The smallest absolute Gasteiger partial charge is 0.125 e. The number of aryl methyl sites for hydroxylation is 2. The van der Waals surface area contributed by atoms with Gasteiger partial charge in [0.2, 0.25) is 0 Å². The molecular weight excluding hydrogens is 212 g/mol. The van der Waals surface area contributed by atoms with Crippen LogP contribution in [0.4, 0.5) is 0 Å². The second-order valence-corrected chi connectivity index (χ2v) is 4.27. The van der Waals surface area contributed by atoms with Gasteiger partial charge in [-0.1, -0.05) is 6.07 Å². The highest BCUT2D eigenvalue weighted by Crippen LogP contribution is 2.10. The van der Waals surface area contributed by atoms with Gasteiger partial charge in [-0.2, -0.15) is 0 Å². The Morgan fingerprint density at radius 2 is 2.18 bits per heavy atom. The maximum Gasteiger partial charge on any atom is 0.125 e. The number of aromatic nitrogens is 3. The maximum absolute atomic E-state index is 4.36. The summed E-state index contributed by atoms with van der Waals surface area (Å²) in [5.41, 5.74) is 2.31. The van der Waals surface area contributed by atoms with Crippen molar-refractivity contribution in [2.24, 2.45) is 7.05 Å². The lowest BCUT2D eigenvalue weighted by molar-refractivity contribution is 0.524. The van der Waals surface area contributed by atoms with Crippen molar-refractivity contribution in [3.05, 3.63) is 47.8 Å². The fourth-order valence-corrected chi connectivity index (χ4v) is 1.84. The molecule has 2 rings (SSSR count). The number of imidazole rings is 1. The van der Waals surface area contributed by atoms with Crippen LogP contribution in [0.5, 0.6) is 0 Å². The molecule has 0 saturated heterocycles. The minimum Gasteiger partial charge on any atom is -0.337 e. The molecule has 0 fully saturated rings. The molecule has 2 heterocycles. The molecule has 0 spiro atoms. The number of hydrogen-bond acceptors (Lipinski definition) is 3. The summed E-state index contributed by atoms with van der Waals surface area (Å²) in [5, 5.41) is 3.44. The number of pyridine rings is 1. The van der Waals surface area contributed by atoms with E-state index in [1.54, 1.807) is 0 Å². The molecule has 4 heteroatoms. The summed E-state index contributed by atoms with van der Waals surface area (Å²) in [6, 6.07) is 4.26. The molecule has 0 bridgehead atoms. The Morgan fingerprint density at radius 3 is 2.82 bits per heavy atom. The van der Waals surface area contributed by atoms with E-state index in [0.717, 1.165) is 18.1 Å². The quantitative estimate of drug-likeness (QED) is 0.873. The molecule has 0 aliphatic heterocycles. The third-order valence-corrected chi connectivity index (χ3v) is 2.94. The molecule has 2 aromatic rings. The second kappa shape index (κ2) is 5.10. The highest BCUT2D eigenvalue weighted by molar-refractivity contribution is 5.17. The molecule has 2 aromatic heterocycles. The first-order chi connectivity index (χ1) is 8.18. The van der Waals surface area contributed by atoms with Crippen LogP contribution in [0.2, 0.25) is 0 Å². The number of hydrogen-bond donors (Lipinski definition) is 1. The SMILES string of the molecule is Cc1cccnc1CNC(C)c1nccn1C. The zero-order valence-electron chi connectivity index (χ0n) is 10.5. The summed E-state index contributed by atoms with van der Waals surface area (Å²) in [5.74, 6) is 1.04. The number of nitrogens with one attached hydrogen (secondary N) is 1. The van der Waals surface area contributed by atoms with Crippen LogP contribution in [0.15, 0.2) is 30.7 Å². The Bertz CT molecular complexity index is 490. The fraction of sp³-hybridized carbons (Fsp3) is 0.385. The summed E-state index contributed by atoms with van der Waals surface area (Å²) in [6.07, 6.45) is 5.61. The monoisotopic (exact) mass is 230 g/mol. The van der Waals surface area contributed by atoms with Crippen molar-refractivity contribution >= 4 is 0 Å². The van der Waals surface area contributed by atoms with E-state index in [0.29, 0.717) is 0 Å². The fourth-order valence-electron chi connectivity index (χ4n) is 1.84. The van der Waals surface area contributed by atoms with Crippen LogP contribution in [-0.4, -0.2) is 14.5 Å². The van der Waals surface area contributed by atoms with Crippen LogP contribution in [0, 0.1) is 6.92 Å². The second-order valence-electron chi connectivity index (χ2n) is 4.27. The Labute approximate surface area is 102 Å².